The highest BCUT2D eigenvalue weighted by atomic mass is 32.2. The molecule has 2 rings (SSSR count). The van der Waals surface area contributed by atoms with Gasteiger partial charge in [0.1, 0.15) is 13.2 Å². The van der Waals surface area contributed by atoms with Crippen molar-refractivity contribution in [1.29, 1.82) is 0 Å². The van der Waals surface area contributed by atoms with Gasteiger partial charge in [-0.1, -0.05) is 0 Å². The van der Waals surface area contributed by atoms with Gasteiger partial charge in [-0.2, -0.15) is 17.5 Å². The second kappa shape index (κ2) is 8.61. The zero-order valence-electron chi connectivity index (χ0n) is 17.3. The molecular formula is C19H27F3N2O4S. The molecule has 0 N–H and O–H groups in total. The second-order valence-electron chi connectivity index (χ2n) is 7.35. The number of rotatable bonds is 5. The van der Waals surface area contributed by atoms with Crippen LogP contribution in [0.4, 0.5) is 13.2 Å². The van der Waals surface area contributed by atoms with Crippen LogP contribution in [0.2, 0.25) is 0 Å². The number of carbonyl (C=O) groups is 1. The summed E-state index contributed by atoms with van der Waals surface area (Å²) in [6, 6.07) is 0. The van der Waals surface area contributed by atoms with Gasteiger partial charge in [-0.05, 0) is 62.4 Å². The van der Waals surface area contributed by atoms with E-state index in [4.69, 9.17) is 0 Å². The molecule has 0 aromatic heterocycles. The number of carbonyl (C=O) groups excluding carboxylic acids is 1. The standard InChI is InChI=1S/C19H27F3N2O4S/c1-12-13(2)15(4)18(16(5)14(12)3)29(26,27)24-8-6-23(7-9-24)17(25)10-28-11-19(20,21)22/h6-11H2,1-5H3. The fraction of sp³-hybridized carbons (Fsp3) is 0.632. The summed E-state index contributed by atoms with van der Waals surface area (Å²) in [6.07, 6.45) is -4.49. The first kappa shape index (κ1) is 23.6. The molecule has 6 nitrogen and oxygen atoms in total. The third kappa shape index (κ3) is 5.10. The Kier molecular flexibility index (Phi) is 7.01. The maximum absolute atomic E-state index is 13.3. The summed E-state index contributed by atoms with van der Waals surface area (Å²) in [6.45, 7) is 7.55. The minimum absolute atomic E-state index is 0.0815. The molecule has 0 spiro atoms. The first-order valence-electron chi connectivity index (χ1n) is 9.26. The number of piperazine rings is 1. The van der Waals surface area contributed by atoms with Crippen molar-refractivity contribution in [2.45, 2.75) is 45.7 Å². The molecule has 0 unspecified atom stereocenters. The van der Waals surface area contributed by atoms with E-state index in [1.807, 2.05) is 20.8 Å². The number of amides is 1. The molecule has 0 radical (unpaired) electrons. The van der Waals surface area contributed by atoms with E-state index in [-0.39, 0.29) is 26.2 Å². The SMILES string of the molecule is Cc1c(C)c(C)c(S(=O)(=O)N2CCN(C(=O)COCC(F)(F)F)CC2)c(C)c1C. The zero-order chi connectivity index (χ0) is 22.1. The number of hydrogen-bond donors (Lipinski definition) is 0. The number of nitrogens with zero attached hydrogens (tertiary/aromatic N) is 2. The van der Waals surface area contributed by atoms with Crippen LogP contribution in [0.25, 0.3) is 0 Å². The maximum atomic E-state index is 13.3. The molecule has 1 saturated heterocycles. The van der Waals surface area contributed by atoms with Gasteiger partial charge in [0.05, 0.1) is 4.90 Å². The Bertz CT molecular complexity index is 861. The first-order chi connectivity index (χ1) is 13.3. The Hall–Kier alpha value is -1.65. The fourth-order valence-electron chi connectivity index (χ4n) is 3.50. The largest absolute Gasteiger partial charge is 0.411 e. The van der Waals surface area contributed by atoms with Gasteiger partial charge in [0.25, 0.3) is 0 Å². The number of benzene rings is 1. The summed E-state index contributed by atoms with van der Waals surface area (Å²) in [5.74, 6) is -0.583. The van der Waals surface area contributed by atoms with Crippen LogP contribution in [0.5, 0.6) is 0 Å². The van der Waals surface area contributed by atoms with E-state index in [1.54, 1.807) is 13.8 Å². The van der Waals surface area contributed by atoms with Crippen LogP contribution in [-0.2, 0) is 19.6 Å². The monoisotopic (exact) mass is 436 g/mol. The van der Waals surface area contributed by atoms with Crippen LogP contribution in [0.1, 0.15) is 27.8 Å². The van der Waals surface area contributed by atoms with Gasteiger partial charge < -0.3 is 9.64 Å². The maximum Gasteiger partial charge on any atom is 0.411 e. The Morgan fingerprint density at radius 2 is 1.34 bits per heavy atom. The predicted octanol–water partition coefficient (Wildman–Crippen LogP) is 2.64. The molecular weight excluding hydrogens is 409 g/mol. The highest BCUT2D eigenvalue weighted by molar-refractivity contribution is 7.89. The molecule has 0 saturated carbocycles. The highest BCUT2D eigenvalue weighted by Gasteiger charge is 2.34. The number of sulfonamides is 1. The molecule has 164 valence electrons. The molecule has 1 heterocycles. The summed E-state index contributed by atoms with van der Waals surface area (Å²) < 4.78 is 68.6. The van der Waals surface area contributed by atoms with Crippen LogP contribution >= 0.6 is 0 Å². The van der Waals surface area contributed by atoms with Crippen molar-refractivity contribution < 1.29 is 31.1 Å². The topological polar surface area (TPSA) is 66.9 Å². The lowest BCUT2D eigenvalue weighted by atomic mass is 9.95. The van der Waals surface area contributed by atoms with Gasteiger partial charge in [-0.15, -0.1) is 0 Å². The second-order valence-corrected chi connectivity index (χ2v) is 9.22. The molecule has 1 aliphatic rings. The van der Waals surface area contributed by atoms with Gasteiger partial charge in [-0.25, -0.2) is 8.42 Å². The van der Waals surface area contributed by atoms with Crippen molar-refractivity contribution in [3.63, 3.8) is 0 Å². The third-order valence-corrected chi connectivity index (χ3v) is 7.78. The van der Waals surface area contributed by atoms with Crippen molar-refractivity contribution in [3.8, 4) is 0 Å². The van der Waals surface area contributed by atoms with E-state index in [1.165, 1.54) is 9.21 Å². The van der Waals surface area contributed by atoms with Crippen molar-refractivity contribution in [2.75, 3.05) is 39.4 Å². The molecule has 0 atom stereocenters. The first-order valence-corrected chi connectivity index (χ1v) is 10.7. The molecule has 0 bridgehead atoms. The molecule has 1 aromatic rings. The average molecular weight is 436 g/mol. The average Bonchev–Trinajstić information content (AvgIpc) is 2.63. The molecule has 0 aliphatic carbocycles. The molecule has 29 heavy (non-hydrogen) atoms. The number of ether oxygens (including phenoxy) is 1. The molecule has 10 heteroatoms. The van der Waals surface area contributed by atoms with Gasteiger partial charge >= 0.3 is 6.18 Å². The number of alkyl halides is 3. The zero-order valence-corrected chi connectivity index (χ0v) is 18.1. The smallest absolute Gasteiger partial charge is 0.362 e. The minimum atomic E-state index is -4.49. The quantitative estimate of drug-likeness (QED) is 0.712. The van der Waals surface area contributed by atoms with E-state index in [9.17, 15) is 26.4 Å². The van der Waals surface area contributed by atoms with Crippen LogP contribution in [-0.4, -0.2) is 69.1 Å². The van der Waals surface area contributed by atoms with Gasteiger partial charge in [-0.3, -0.25) is 4.79 Å². The summed E-state index contributed by atoms with van der Waals surface area (Å²) in [5, 5.41) is 0. The third-order valence-electron chi connectivity index (χ3n) is 5.61. The van der Waals surface area contributed by atoms with Crippen LogP contribution in [0.15, 0.2) is 4.90 Å². The lowest BCUT2D eigenvalue weighted by molar-refractivity contribution is -0.178. The van der Waals surface area contributed by atoms with Crippen LogP contribution in [0.3, 0.4) is 0 Å². The molecule has 1 fully saturated rings. The van der Waals surface area contributed by atoms with Crippen molar-refractivity contribution >= 4 is 15.9 Å². The van der Waals surface area contributed by atoms with Crippen molar-refractivity contribution in [1.82, 2.24) is 9.21 Å². The Morgan fingerprint density at radius 3 is 1.79 bits per heavy atom. The van der Waals surface area contributed by atoms with E-state index in [2.05, 4.69) is 4.74 Å². The number of hydrogen-bond acceptors (Lipinski definition) is 4. The van der Waals surface area contributed by atoms with Gasteiger partial charge in [0.15, 0.2) is 0 Å². The summed E-state index contributed by atoms with van der Waals surface area (Å²) >= 11 is 0. The van der Waals surface area contributed by atoms with E-state index >= 15 is 0 Å². The normalized spacial score (nSPS) is 16.3. The Balaban J connectivity index is 2.11. The summed E-state index contributed by atoms with van der Waals surface area (Å²) in [4.78, 5) is 13.6. The van der Waals surface area contributed by atoms with Crippen LogP contribution < -0.4 is 0 Å². The van der Waals surface area contributed by atoms with E-state index in [0.717, 1.165) is 16.7 Å². The Labute approximate surface area is 169 Å². The molecule has 1 aliphatic heterocycles. The van der Waals surface area contributed by atoms with Gasteiger partial charge in [0, 0.05) is 26.2 Å². The Morgan fingerprint density at radius 1 is 0.897 bits per heavy atom. The molecule has 1 aromatic carbocycles. The van der Waals surface area contributed by atoms with Crippen LogP contribution in [0, 0.1) is 34.6 Å². The van der Waals surface area contributed by atoms with Crippen molar-refractivity contribution in [3.05, 3.63) is 27.8 Å². The van der Waals surface area contributed by atoms with E-state index in [0.29, 0.717) is 16.0 Å². The van der Waals surface area contributed by atoms with Crippen molar-refractivity contribution in [2.24, 2.45) is 0 Å². The fourth-order valence-corrected chi connectivity index (χ4v) is 5.49. The van der Waals surface area contributed by atoms with Gasteiger partial charge in [0.2, 0.25) is 15.9 Å². The molecule has 1 amide bonds. The lowest BCUT2D eigenvalue weighted by Gasteiger charge is -2.35. The highest BCUT2D eigenvalue weighted by Crippen LogP contribution is 2.31. The predicted molar refractivity (Wildman–Crippen MR) is 102 cm³/mol. The summed E-state index contributed by atoms with van der Waals surface area (Å²) in [7, 11) is -3.76. The minimum Gasteiger partial charge on any atom is -0.362 e. The van der Waals surface area contributed by atoms with E-state index < -0.39 is 35.3 Å². The summed E-state index contributed by atoms with van der Waals surface area (Å²) in [5.41, 5.74) is 4.35. The lowest BCUT2D eigenvalue weighted by Crippen LogP contribution is -2.51. The number of halogens is 3.